The molecule has 0 unspecified atom stereocenters. The number of hydrazone groups is 1. The van der Waals surface area contributed by atoms with Crippen molar-refractivity contribution in [2.24, 2.45) is 10.8 Å². The minimum Gasteiger partial charge on any atom is -0.508 e. The van der Waals surface area contributed by atoms with E-state index in [1.807, 2.05) is 12.1 Å². The molecule has 0 spiro atoms. The second-order valence-electron chi connectivity index (χ2n) is 3.81. The first kappa shape index (κ1) is 12.4. The van der Waals surface area contributed by atoms with Crippen molar-refractivity contribution in [2.75, 3.05) is 5.43 Å². The molecular weight excluding hydrogens is 242 g/mol. The molecule has 2 aromatic carbocycles. The molecule has 94 valence electrons. The van der Waals surface area contributed by atoms with Crippen LogP contribution in [0.3, 0.4) is 0 Å². The number of nitrogens with one attached hydrogen (secondary N) is 2. The molecule has 0 radical (unpaired) electrons. The molecule has 0 aliphatic heterocycles. The predicted octanol–water partition coefficient (Wildman–Crippen LogP) is 1.77. The van der Waals surface area contributed by atoms with Crippen molar-refractivity contribution in [3.05, 3.63) is 36.4 Å². The highest BCUT2D eigenvalue weighted by molar-refractivity contribution is 6.45. The molecule has 6 nitrogen and oxygen atoms in total. The van der Waals surface area contributed by atoms with Crippen molar-refractivity contribution >= 4 is 28.0 Å². The lowest BCUT2D eigenvalue weighted by Gasteiger charge is -2.06. The van der Waals surface area contributed by atoms with Gasteiger partial charge in [-0.05, 0) is 23.6 Å². The van der Waals surface area contributed by atoms with Crippen molar-refractivity contribution in [3.8, 4) is 11.8 Å². The number of amidine groups is 1. The van der Waals surface area contributed by atoms with Gasteiger partial charge in [-0.25, -0.2) is 0 Å². The van der Waals surface area contributed by atoms with Crippen LogP contribution in [0.2, 0.25) is 0 Å². The normalized spacial score (nSPS) is 11.0. The van der Waals surface area contributed by atoms with Crippen LogP contribution in [-0.4, -0.2) is 16.7 Å². The maximum atomic E-state index is 9.50. The molecule has 0 bridgehead atoms. The number of hydrogen-bond donors (Lipinski definition) is 4. The molecule has 5 N–H and O–H groups in total. The SMILES string of the molecule is N#C/C(=N\Nc1cccc2ccc(O)cc12)C(=N)N. The van der Waals surface area contributed by atoms with Gasteiger partial charge in [-0.2, -0.15) is 10.4 Å². The van der Waals surface area contributed by atoms with Gasteiger partial charge in [0.05, 0.1) is 5.69 Å². The van der Waals surface area contributed by atoms with Gasteiger partial charge in [0.1, 0.15) is 11.8 Å². The Kier molecular flexibility index (Phi) is 3.30. The average molecular weight is 253 g/mol. The topological polar surface area (TPSA) is 118 Å². The highest BCUT2D eigenvalue weighted by Gasteiger charge is 2.04. The first-order valence-electron chi connectivity index (χ1n) is 5.42. The minimum absolute atomic E-state index is 0.137. The number of fused-ring (bicyclic) bond motifs is 1. The van der Waals surface area contributed by atoms with Crippen molar-refractivity contribution in [1.82, 2.24) is 0 Å². The quantitative estimate of drug-likeness (QED) is 0.378. The van der Waals surface area contributed by atoms with Gasteiger partial charge in [0.25, 0.3) is 0 Å². The molecule has 0 saturated heterocycles. The summed E-state index contributed by atoms with van der Waals surface area (Å²) in [5, 5.41) is 30.8. The summed E-state index contributed by atoms with van der Waals surface area (Å²) in [6, 6.07) is 12.1. The van der Waals surface area contributed by atoms with Gasteiger partial charge < -0.3 is 10.8 Å². The van der Waals surface area contributed by atoms with Gasteiger partial charge in [0, 0.05) is 5.39 Å². The van der Waals surface area contributed by atoms with Crippen molar-refractivity contribution in [2.45, 2.75) is 0 Å². The maximum Gasteiger partial charge on any atom is 0.201 e. The third kappa shape index (κ3) is 2.61. The Labute approximate surface area is 109 Å². The zero-order valence-electron chi connectivity index (χ0n) is 9.88. The number of nitriles is 1. The number of benzene rings is 2. The summed E-state index contributed by atoms with van der Waals surface area (Å²) < 4.78 is 0. The fourth-order valence-electron chi connectivity index (χ4n) is 1.62. The van der Waals surface area contributed by atoms with E-state index in [1.165, 1.54) is 0 Å². The number of phenols is 1. The van der Waals surface area contributed by atoms with E-state index in [0.29, 0.717) is 5.69 Å². The standard InChI is InChI=1S/C13H11N5O/c14-7-12(13(15)16)18-17-11-3-1-2-8-4-5-9(19)6-10(8)11/h1-6,17,19H,(H3,15,16)/b18-12+. The first-order chi connectivity index (χ1) is 9.11. The number of aromatic hydroxyl groups is 1. The van der Waals surface area contributed by atoms with Gasteiger partial charge in [0.15, 0.2) is 5.84 Å². The average Bonchev–Trinajstić information content (AvgIpc) is 2.39. The van der Waals surface area contributed by atoms with Crippen molar-refractivity contribution < 1.29 is 5.11 Å². The Bertz CT molecular complexity index is 715. The second-order valence-corrected chi connectivity index (χ2v) is 3.81. The Morgan fingerprint density at radius 2 is 2.16 bits per heavy atom. The Morgan fingerprint density at radius 3 is 2.84 bits per heavy atom. The highest BCUT2D eigenvalue weighted by atomic mass is 16.3. The van der Waals surface area contributed by atoms with Crippen molar-refractivity contribution in [1.29, 1.82) is 10.7 Å². The highest BCUT2D eigenvalue weighted by Crippen LogP contribution is 2.26. The minimum atomic E-state index is -0.405. The van der Waals surface area contributed by atoms with Crippen LogP contribution in [0.15, 0.2) is 41.5 Å². The van der Waals surface area contributed by atoms with E-state index >= 15 is 0 Å². The van der Waals surface area contributed by atoms with E-state index in [0.717, 1.165) is 10.8 Å². The molecule has 0 fully saturated rings. The molecule has 0 saturated carbocycles. The summed E-state index contributed by atoms with van der Waals surface area (Å²) in [5.74, 6) is -0.268. The number of nitrogens with zero attached hydrogens (tertiary/aromatic N) is 2. The molecule has 0 aliphatic rings. The van der Waals surface area contributed by atoms with E-state index in [2.05, 4.69) is 10.5 Å². The molecule has 6 heteroatoms. The summed E-state index contributed by atoms with van der Waals surface area (Å²) in [6.07, 6.45) is 0. The fraction of sp³-hybridized carbons (Fsp3) is 0. The number of hydrogen-bond acceptors (Lipinski definition) is 5. The molecule has 0 atom stereocenters. The van der Waals surface area contributed by atoms with Gasteiger partial charge in [-0.3, -0.25) is 10.8 Å². The monoisotopic (exact) mass is 253 g/mol. The van der Waals surface area contributed by atoms with Gasteiger partial charge in [-0.15, -0.1) is 0 Å². The number of anilines is 1. The molecule has 0 aliphatic carbocycles. The zero-order valence-corrected chi connectivity index (χ0v) is 9.88. The lowest BCUT2D eigenvalue weighted by atomic mass is 10.1. The van der Waals surface area contributed by atoms with Gasteiger partial charge in [0.2, 0.25) is 5.71 Å². The molecule has 0 amide bonds. The summed E-state index contributed by atoms with van der Waals surface area (Å²) in [5.41, 5.74) is 8.30. The van der Waals surface area contributed by atoms with E-state index in [4.69, 9.17) is 16.4 Å². The van der Waals surface area contributed by atoms with Crippen LogP contribution in [0.25, 0.3) is 10.8 Å². The largest absolute Gasteiger partial charge is 0.508 e. The summed E-state index contributed by atoms with van der Waals surface area (Å²) in [6.45, 7) is 0. The zero-order chi connectivity index (χ0) is 13.8. The molecule has 19 heavy (non-hydrogen) atoms. The number of phenolic OH excluding ortho intramolecular Hbond substituents is 1. The van der Waals surface area contributed by atoms with Crippen LogP contribution >= 0.6 is 0 Å². The predicted molar refractivity (Wildman–Crippen MR) is 74.2 cm³/mol. The number of nitrogens with two attached hydrogens (primary N) is 1. The van der Waals surface area contributed by atoms with Crippen LogP contribution in [-0.2, 0) is 0 Å². The van der Waals surface area contributed by atoms with Crippen LogP contribution in [0, 0.1) is 16.7 Å². The van der Waals surface area contributed by atoms with E-state index < -0.39 is 5.84 Å². The number of rotatable bonds is 3. The molecule has 2 rings (SSSR count). The molecule has 0 heterocycles. The third-order valence-corrected chi connectivity index (χ3v) is 2.51. The van der Waals surface area contributed by atoms with Crippen molar-refractivity contribution in [3.63, 3.8) is 0 Å². The Morgan fingerprint density at radius 1 is 1.37 bits per heavy atom. The first-order valence-corrected chi connectivity index (χ1v) is 5.42. The molecular formula is C13H11N5O. The second kappa shape index (κ2) is 5.06. The van der Waals surface area contributed by atoms with Gasteiger partial charge >= 0.3 is 0 Å². The third-order valence-electron chi connectivity index (χ3n) is 2.51. The Balaban J connectivity index is 2.44. The van der Waals surface area contributed by atoms with Crippen LogP contribution in [0.1, 0.15) is 0 Å². The summed E-state index contributed by atoms with van der Waals surface area (Å²) in [7, 11) is 0. The molecule has 0 aromatic heterocycles. The fourth-order valence-corrected chi connectivity index (χ4v) is 1.62. The maximum absolute atomic E-state index is 9.50. The molecule has 2 aromatic rings. The van der Waals surface area contributed by atoms with Crippen LogP contribution in [0.4, 0.5) is 5.69 Å². The van der Waals surface area contributed by atoms with Crippen LogP contribution in [0.5, 0.6) is 5.75 Å². The lowest BCUT2D eigenvalue weighted by molar-refractivity contribution is 0.476. The van der Waals surface area contributed by atoms with E-state index in [1.54, 1.807) is 30.3 Å². The van der Waals surface area contributed by atoms with Crippen LogP contribution < -0.4 is 11.2 Å². The van der Waals surface area contributed by atoms with E-state index in [9.17, 15) is 5.11 Å². The summed E-state index contributed by atoms with van der Waals surface area (Å²) in [4.78, 5) is 0. The lowest BCUT2D eigenvalue weighted by Crippen LogP contribution is -2.21. The van der Waals surface area contributed by atoms with Gasteiger partial charge in [-0.1, -0.05) is 18.2 Å². The smallest absolute Gasteiger partial charge is 0.201 e. The Hall–Kier alpha value is -3.07. The van der Waals surface area contributed by atoms with E-state index in [-0.39, 0.29) is 11.5 Å². The summed E-state index contributed by atoms with van der Waals surface area (Å²) >= 11 is 0.